The number of nitrogens with zero attached hydrogens (tertiary/aromatic N) is 1. The van der Waals surface area contributed by atoms with E-state index in [2.05, 4.69) is 5.32 Å². The fourth-order valence-corrected chi connectivity index (χ4v) is 3.54. The van der Waals surface area contributed by atoms with Crippen LogP contribution in [0.15, 0.2) is 48.5 Å². The SMILES string of the molecule is CCCNC(=O)[C@H](CC)N(CCc1ccccc1)C(=O)COc1ccc(Cl)cc1Cl. The van der Waals surface area contributed by atoms with Crippen LogP contribution in [0.2, 0.25) is 10.0 Å². The first-order valence-corrected chi connectivity index (χ1v) is 10.9. The molecule has 0 aliphatic rings. The van der Waals surface area contributed by atoms with Gasteiger partial charge in [0.05, 0.1) is 5.02 Å². The average Bonchev–Trinajstić information content (AvgIpc) is 2.74. The van der Waals surface area contributed by atoms with Gasteiger partial charge in [-0.1, -0.05) is 67.4 Å². The van der Waals surface area contributed by atoms with Crippen molar-refractivity contribution >= 4 is 35.0 Å². The summed E-state index contributed by atoms with van der Waals surface area (Å²) >= 11 is 12.0. The van der Waals surface area contributed by atoms with Gasteiger partial charge in [-0.25, -0.2) is 0 Å². The Hall–Kier alpha value is -2.24. The summed E-state index contributed by atoms with van der Waals surface area (Å²) in [6, 6.07) is 14.1. The lowest BCUT2D eigenvalue weighted by atomic mass is 10.1. The molecule has 0 saturated carbocycles. The van der Waals surface area contributed by atoms with E-state index in [0.717, 1.165) is 12.0 Å². The largest absolute Gasteiger partial charge is 0.482 e. The molecular formula is C23H28Cl2N2O3. The second-order valence-electron chi connectivity index (χ2n) is 6.90. The number of amides is 2. The number of hydrogen-bond acceptors (Lipinski definition) is 3. The van der Waals surface area contributed by atoms with Gasteiger partial charge in [-0.3, -0.25) is 9.59 Å². The van der Waals surface area contributed by atoms with Gasteiger partial charge in [0.1, 0.15) is 11.8 Å². The molecule has 0 radical (unpaired) electrons. The van der Waals surface area contributed by atoms with Crippen molar-refractivity contribution in [1.82, 2.24) is 10.2 Å². The molecule has 2 aromatic rings. The Morgan fingerprint density at radius 1 is 1.10 bits per heavy atom. The number of halogens is 2. The molecular weight excluding hydrogens is 423 g/mol. The molecule has 1 N–H and O–H groups in total. The Bertz CT molecular complexity index is 830. The summed E-state index contributed by atoms with van der Waals surface area (Å²) in [5.74, 6) is -0.0401. The van der Waals surface area contributed by atoms with Gasteiger partial charge in [0.25, 0.3) is 5.91 Å². The third-order valence-corrected chi connectivity index (χ3v) is 5.19. The molecule has 0 fully saturated rings. The number of carbonyl (C=O) groups excluding carboxylic acids is 2. The Kier molecular flexibility index (Phi) is 9.98. The molecule has 2 amide bonds. The maximum absolute atomic E-state index is 13.0. The molecule has 0 aromatic heterocycles. The number of ether oxygens (including phenoxy) is 1. The Morgan fingerprint density at radius 3 is 2.47 bits per heavy atom. The molecule has 162 valence electrons. The van der Waals surface area contributed by atoms with Gasteiger partial charge in [-0.05, 0) is 43.0 Å². The smallest absolute Gasteiger partial charge is 0.261 e. The maximum Gasteiger partial charge on any atom is 0.261 e. The van der Waals surface area contributed by atoms with Crippen LogP contribution >= 0.6 is 23.2 Å². The van der Waals surface area contributed by atoms with Crippen molar-refractivity contribution in [1.29, 1.82) is 0 Å². The van der Waals surface area contributed by atoms with Crippen LogP contribution in [0.3, 0.4) is 0 Å². The first-order chi connectivity index (χ1) is 14.5. The second-order valence-corrected chi connectivity index (χ2v) is 7.74. The van der Waals surface area contributed by atoms with Crippen molar-refractivity contribution in [2.24, 2.45) is 0 Å². The minimum Gasteiger partial charge on any atom is -0.482 e. The molecule has 5 nitrogen and oxygen atoms in total. The van der Waals surface area contributed by atoms with Gasteiger partial charge in [0.15, 0.2) is 6.61 Å². The summed E-state index contributed by atoms with van der Waals surface area (Å²) in [4.78, 5) is 27.3. The molecule has 0 saturated heterocycles. The number of hydrogen-bond donors (Lipinski definition) is 1. The summed E-state index contributed by atoms with van der Waals surface area (Å²) < 4.78 is 5.63. The van der Waals surface area contributed by atoms with Crippen LogP contribution in [0.4, 0.5) is 0 Å². The van der Waals surface area contributed by atoms with E-state index in [9.17, 15) is 9.59 Å². The maximum atomic E-state index is 13.0. The molecule has 30 heavy (non-hydrogen) atoms. The lowest BCUT2D eigenvalue weighted by Crippen LogP contribution is -2.51. The summed E-state index contributed by atoms with van der Waals surface area (Å²) in [6.07, 6.45) is 1.99. The first-order valence-electron chi connectivity index (χ1n) is 10.1. The average molecular weight is 451 g/mol. The third-order valence-electron chi connectivity index (χ3n) is 4.66. The highest BCUT2D eigenvalue weighted by atomic mass is 35.5. The normalized spacial score (nSPS) is 11.6. The van der Waals surface area contributed by atoms with E-state index in [1.54, 1.807) is 23.1 Å². The predicted molar refractivity (Wildman–Crippen MR) is 121 cm³/mol. The van der Waals surface area contributed by atoms with Crippen molar-refractivity contribution in [2.45, 2.75) is 39.2 Å². The fourth-order valence-electron chi connectivity index (χ4n) is 3.08. The minimum atomic E-state index is -0.558. The predicted octanol–water partition coefficient (Wildman–Crippen LogP) is 4.75. The van der Waals surface area contributed by atoms with Crippen LogP contribution in [0.5, 0.6) is 5.75 Å². The van der Waals surface area contributed by atoms with Crippen LogP contribution in [-0.2, 0) is 16.0 Å². The summed E-state index contributed by atoms with van der Waals surface area (Å²) in [5.41, 5.74) is 1.10. The number of carbonyl (C=O) groups is 2. The fraction of sp³-hybridized carbons (Fsp3) is 0.391. The molecule has 0 unspecified atom stereocenters. The van der Waals surface area contributed by atoms with Crippen LogP contribution in [0.25, 0.3) is 0 Å². The van der Waals surface area contributed by atoms with Gasteiger partial charge in [0.2, 0.25) is 5.91 Å². The molecule has 1 atom stereocenters. The van der Waals surface area contributed by atoms with Crippen molar-refractivity contribution in [3.63, 3.8) is 0 Å². The highest BCUT2D eigenvalue weighted by molar-refractivity contribution is 6.35. The summed E-state index contributed by atoms with van der Waals surface area (Å²) in [5, 5.41) is 3.72. The van der Waals surface area contributed by atoms with E-state index < -0.39 is 6.04 Å². The molecule has 0 spiro atoms. The second kappa shape index (κ2) is 12.5. The number of nitrogens with one attached hydrogen (secondary N) is 1. The lowest BCUT2D eigenvalue weighted by molar-refractivity contribution is -0.142. The molecule has 0 bridgehead atoms. The standard InChI is InChI=1S/C23H28Cl2N2O3/c1-3-13-26-23(29)20(4-2)27(14-12-17-8-6-5-7-9-17)22(28)16-30-21-11-10-18(24)15-19(21)25/h5-11,15,20H,3-4,12-14,16H2,1-2H3,(H,26,29)/t20-/m0/s1. The molecule has 2 rings (SSSR count). The summed E-state index contributed by atoms with van der Waals surface area (Å²) in [6.45, 7) is 4.67. The topological polar surface area (TPSA) is 58.6 Å². The lowest BCUT2D eigenvalue weighted by Gasteiger charge is -2.30. The Balaban J connectivity index is 2.12. The van der Waals surface area contributed by atoms with Gasteiger partial charge in [-0.15, -0.1) is 0 Å². The summed E-state index contributed by atoms with van der Waals surface area (Å²) in [7, 11) is 0. The highest BCUT2D eigenvalue weighted by Crippen LogP contribution is 2.27. The number of rotatable bonds is 11. The molecule has 7 heteroatoms. The quantitative estimate of drug-likeness (QED) is 0.537. The van der Waals surface area contributed by atoms with E-state index in [1.165, 1.54) is 0 Å². The van der Waals surface area contributed by atoms with Gasteiger partial charge >= 0.3 is 0 Å². The van der Waals surface area contributed by atoms with Crippen LogP contribution in [0, 0.1) is 0 Å². The van der Waals surface area contributed by atoms with Gasteiger partial charge in [0, 0.05) is 18.1 Å². The van der Waals surface area contributed by atoms with Crippen molar-refractivity contribution in [3.8, 4) is 5.75 Å². The first kappa shape index (κ1) is 24.0. The van der Waals surface area contributed by atoms with E-state index in [1.807, 2.05) is 44.2 Å². The zero-order valence-corrected chi connectivity index (χ0v) is 18.9. The zero-order valence-electron chi connectivity index (χ0n) is 17.4. The monoisotopic (exact) mass is 450 g/mol. The van der Waals surface area contributed by atoms with Crippen LogP contribution in [-0.4, -0.2) is 42.5 Å². The minimum absolute atomic E-state index is 0.148. The number of benzene rings is 2. The van der Waals surface area contributed by atoms with Crippen LogP contribution in [0.1, 0.15) is 32.3 Å². The molecule has 0 aliphatic carbocycles. The van der Waals surface area contributed by atoms with Crippen LogP contribution < -0.4 is 10.1 Å². The molecule has 2 aromatic carbocycles. The van der Waals surface area contributed by atoms with Crippen molar-refractivity contribution in [3.05, 3.63) is 64.1 Å². The van der Waals surface area contributed by atoms with E-state index in [-0.39, 0.29) is 18.4 Å². The van der Waals surface area contributed by atoms with E-state index >= 15 is 0 Å². The van der Waals surface area contributed by atoms with Crippen molar-refractivity contribution < 1.29 is 14.3 Å². The van der Waals surface area contributed by atoms with E-state index in [4.69, 9.17) is 27.9 Å². The van der Waals surface area contributed by atoms with Gasteiger partial charge < -0.3 is 15.0 Å². The van der Waals surface area contributed by atoms with E-state index in [0.29, 0.717) is 41.7 Å². The highest BCUT2D eigenvalue weighted by Gasteiger charge is 2.28. The Labute approximate surface area is 188 Å². The third kappa shape index (κ3) is 7.22. The van der Waals surface area contributed by atoms with Crippen molar-refractivity contribution in [2.75, 3.05) is 19.7 Å². The Morgan fingerprint density at radius 2 is 1.83 bits per heavy atom. The molecule has 0 aliphatic heterocycles. The zero-order chi connectivity index (χ0) is 21.9. The van der Waals surface area contributed by atoms with Gasteiger partial charge in [-0.2, -0.15) is 0 Å². The molecule has 0 heterocycles.